The number of hydrogen-bond acceptors (Lipinski definition) is 4. The summed E-state index contributed by atoms with van der Waals surface area (Å²) in [5.41, 5.74) is 1.42. The lowest BCUT2D eigenvalue weighted by atomic mass is 10.1. The molecule has 0 aliphatic carbocycles. The fraction of sp³-hybridized carbons (Fsp3) is 0.462. The molecule has 0 aliphatic heterocycles. The summed E-state index contributed by atoms with van der Waals surface area (Å²) >= 11 is 0. The molecule has 0 heterocycles. The van der Waals surface area contributed by atoms with Gasteiger partial charge >= 0.3 is 5.97 Å². The van der Waals surface area contributed by atoms with Crippen molar-refractivity contribution in [2.75, 3.05) is 32.8 Å². The Morgan fingerprint density at radius 2 is 2.00 bits per heavy atom. The molecule has 17 heavy (non-hydrogen) atoms. The molecule has 0 aliphatic rings. The molecular weight excluding hydrogens is 218 g/mol. The zero-order valence-electron chi connectivity index (χ0n) is 10.8. The Morgan fingerprint density at radius 1 is 1.35 bits per heavy atom. The van der Waals surface area contributed by atoms with Crippen molar-refractivity contribution in [3.63, 3.8) is 0 Å². The minimum Gasteiger partial charge on any atom is -0.465 e. The third-order valence-corrected chi connectivity index (χ3v) is 2.76. The number of esters is 1. The van der Waals surface area contributed by atoms with Crippen molar-refractivity contribution >= 4 is 11.7 Å². The second kappa shape index (κ2) is 6.25. The number of carbonyl (C=O) groups excluding carboxylic acids is 1. The first-order chi connectivity index (χ1) is 8.11. The first kappa shape index (κ1) is 13.5. The van der Waals surface area contributed by atoms with Crippen LogP contribution >= 0.6 is 0 Å². The third-order valence-electron chi connectivity index (χ3n) is 2.76. The van der Waals surface area contributed by atoms with E-state index in [9.17, 15) is 4.79 Å². The molecule has 0 radical (unpaired) electrons. The van der Waals surface area contributed by atoms with Gasteiger partial charge in [-0.1, -0.05) is 12.1 Å². The van der Waals surface area contributed by atoms with Crippen LogP contribution in [-0.4, -0.2) is 39.9 Å². The SMILES string of the molecule is COCC(C)N(C)c1ccccc1C(=O)OC. The monoisotopic (exact) mass is 237 g/mol. The van der Waals surface area contributed by atoms with Crippen molar-refractivity contribution in [3.05, 3.63) is 29.8 Å². The maximum atomic E-state index is 11.6. The Hall–Kier alpha value is -1.55. The van der Waals surface area contributed by atoms with E-state index in [1.807, 2.05) is 37.1 Å². The van der Waals surface area contributed by atoms with Gasteiger partial charge in [-0.05, 0) is 19.1 Å². The highest BCUT2D eigenvalue weighted by Crippen LogP contribution is 2.21. The Bertz CT molecular complexity index is 379. The highest BCUT2D eigenvalue weighted by molar-refractivity contribution is 5.95. The van der Waals surface area contributed by atoms with Gasteiger partial charge in [0.25, 0.3) is 0 Å². The van der Waals surface area contributed by atoms with E-state index in [0.717, 1.165) is 5.69 Å². The van der Waals surface area contributed by atoms with Crippen molar-refractivity contribution < 1.29 is 14.3 Å². The standard InChI is InChI=1S/C13H19NO3/c1-10(9-16-3)14(2)12-8-6-5-7-11(12)13(15)17-4/h5-8,10H,9H2,1-4H3. The van der Waals surface area contributed by atoms with Gasteiger partial charge in [0.15, 0.2) is 0 Å². The molecule has 0 N–H and O–H groups in total. The molecule has 0 bridgehead atoms. The largest absolute Gasteiger partial charge is 0.465 e. The first-order valence-corrected chi connectivity index (χ1v) is 5.51. The molecule has 1 rings (SSSR count). The van der Waals surface area contributed by atoms with Crippen LogP contribution < -0.4 is 4.90 Å². The molecule has 1 atom stereocenters. The van der Waals surface area contributed by atoms with Crippen LogP contribution in [0.5, 0.6) is 0 Å². The molecule has 0 amide bonds. The number of rotatable bonds is 5. The first-order valence-electron chi connectivity index (χ1n) is 5.51. The normalized spacial score (nSPS) is 12.0. The summed E-state index contributed by atoms with van der Waals surface area (Å²) in [5.74, 6) is -0.322. The maximum Gasteiger partial charge on any atom is 0.339 e. The number of anilines is 1. The fourth-order valence-corrected chi connectivity index (χ4v) is 1.65. The number of carbonyl (C=O) groups is 1. The summed E-state index contributed by atoms with van der Waals surface area (Å²) in [5, 5.41) is 0. The molecule has 4 heteroatoms. The van der Waals surface area contributed by atoms with Gasteiger partial charge in [0.2, 0.25) is 0 Å². The molecule has 0 saturated heterocycles. The number of benzene rings is 1. The van der Waals surface area contributed by atoms with Crippen molar-refractivity contribution in [3.8, 4) is 0 Å². The van der Waals surface area contributed by atoms with Gasteiger partial charge in [0.1, 0.15) is 0 Å². The highest BCUT2D eigenvalue weighted by atomic mass is 16.5. The van der Waals surface area contributed by atoms with Gasteiger partial charge in [-0.15, -0.1) is 0 Å². The Balaban J connectivity index is 3.00. The van der Waals surface area contributed by atoms with E-state index >= 15 is 0 Å². The Kier molecular flexibility index (Phi) is 4.97. The van der Waals surface area contributed by atoms with E-state index in [1.165, 1.54) is 7.11 Å². The van der Waals surface area contributed by atoms with Crippen molar-refractivity contribution in [2.45, 2.75) is 13.0 Å². The molecule has 0 spiro atoms. The minimum atomic E-state index is -0.322. The minimum absolute atomic E-state index is 0.186. The topological polar surface area (TPSA) is 38.8 Å². The maximum absolute atomic E-state index is 11.6. The van der Waals surface area contributed by atoms with Gasteiger partial charge in [-0.25, -0.2) is 4.79 Å². The summed E-state index contributed by atoms with van der Waals surface area (Å²) in [6.45, 7) is 2.64. The number of hydrogen-bond donors (Lipinski definition) is 0. The number of methoxy groups -OCH3 is 2. The molecular formula is C13H19NO3. The lowest BCUT2D eigenvalue weighted by Crippen LogP contribution is -2.33. The number of nitrogens with zero attached hydrogens (tertiary/aromatic N) is 1. The van der Waals surface area contributed by atoms with E-state index in [2.05, 4.69) is 0 Å². The van der Waals surface area contributed by atoms with E-state index in [-0.39, 0.29) is 12.0 Å². The van der Waals surface area contributed by atoms with Gasteiger partial charge < -0.3 is 14.4 Å². The molecule has 1 aromatic rings. The summed E-state index contributed by atoms with van der Waals surface area (Å²) in [7, 11) is 4.99. The van der Waals surface area contributed by atoms with Crippen LogP contribution in [0.3, 0.4) is 0 Å². The van der Waals surface area contributed by atoms with E-state index < -0.39 is 0 Å². The Morgan fingerprint density at radius 3 is 2.59 bits per heavy atom. The zero-order chi connectivity index (χ0) is 12.8. The van der Waals surface area contributed by atoms with Crippen molar-refractivity contribution in [2.24, 2.45) is 0 Å². The quantitative estimate of drug-likeness (QED) is 0.734. The van der Waals surface area contributed by atoms with Crippen LogP contribution in [0.1, 0.15) is 17.3 Å². The van der Waals surface area contributed by atoms with Crippen LogP contribution in [0.4, 0.5) is 5.69 Å². The fourth-order valence-electron chi connectivity index (χ4n) is 1.65. The van der Waals surface area contributed by atoms with Crippen LogP contribution in [-0.2, 0) is 9.47 Å². The predicted octanol–water partition coefficient (Wildman–Crippen LogP) is 1.94. The average molecular weight is 237 g/mol. The molecule has 94 valence electrons. The molecule has 0 aromatic heterocycles. The predicted molar refractivity (Wildman–Crippen MR) is 67.5 cm³/mol. The highest BCUT2D eigenvalue weighted by Gasteiger charge is 2.17. The molecule has 1 unspecified atom stereocenters. The van der Waals surface area contributed by atoms with Crippen molar-refractivity contribution in [1.29, 1.82) is 0 Å². The van der Waals surface area contributed by atoms with Gasteiger partial charge in [0, 0.05) is 20.2 Å². The molecule has 0 saturated carbocycles. The average Bonchev–Trinajstić information content (AvgIpc) is 2.37. The third kappa shape index (κ3) is 3.20. The van der Waals surface area contributed by atoms with E-state index in [0.29, 0.717) is 12.2 Å². The lowest BCUT2D eigenvalue weighted by Gasteiger charge is -2.27. The number of likely N-dealkylation sites (N-methyl/N-ethyl adjacent to an activating group) is 1. The lowest BCUT2D eigenvalue weighted by molar-refractivity contribution is 0.0601. The molecule has 4 nitrogen and oxygen atoms in total. The van der Waals surface area contributed by atoms with Gasteiger partial charge in [0.05, 0.1) is 25.0 Å². The van der Waals surface area contributed by atoms with Gasteiger partial charge in [-0.3, -0.25) is 0 Å². The second-order valence-corrected chi connectivity index (χ2v) is 3.92. The summed E-state index contributed by atoms with van der Waals surface area (Å²) in [6, 6.07) is 7.57. The van der Waals surface area contributed by atoms with Crippen LogP contribution in [0, 0.1) is 0 Å². The van der Waals surface area contributed by atoms with E-state index in [4.69, 9.17) is 9.47 Å². The van der Waals surface area contributed by atoms with Crippen molar-refractivity contribution in [1.82, 2.24) is 0 Å². The molecule has 1 aromatic carbocycles. The van der Waals surface area contributed by atoms with Crippen LogP contribution in [0.2, 0.25) is 0 Å². The summed E-state index contributed by atoms with van der Waals surface area (Å²) in [6.07, 6.45) is 0. The zero-order valence-corrected chi connectivity index (χ0v) is 10.8. The Labute approximate surface area is 102 Å². The second-order valence-electron chi connectivity index (χ2n) is 3.92. The number of ether oxygens (including phenoxy) is 2. The number of para-hydroxylation sites is 1. The summed E-state index contributed by atoms with van der Waals surface area (Å²) in [4.78, 5) is 13.6. The summed E-state index contributed by atoms with van der Waals surface area (Å²) < 4.78 is 9.89. The smallest absolute Gasteiger partial charge is 0.339 e. The molecule has 0 fully saturated rings. The van der Waals surface area contributed by atoms with Crippen LogP contribution in [0.15, 0.2) is 24.3 Å². The van der Waals surface area contributed by atoms with Crippen LogP contribution in [0.25, 0.3) is 0 Å². The van der Waals surface area contributed by atoms with E-state index in [1.54, 1.807) is 13.2 Å². The van der Waals surface area contributed by atoms with Gasteiger partial charge in [-0.2, -0.15) is 0 Å².